The number of likely N-dealkylation sites (tertiary alicyclic amines) is 1. The lowest BCUT2D eigenvalue weighted by atomic mass is 9.55. The lowest BCUT2D eigenvalue weighted by Gasteiger charge is -2.55. The van der Waals surface area contributed by atoms with Gasteiger partial charge in [0.05, 0.1) is 7.11 Å². The molecule has 4 heteroatoms. The van der Waals surface area contributed by atoms with Crippen LogP contribution in [0.1, 0.15) is 30.0 Å². The van der Waals surface area contributed by atoms with Crippen molar-refractivity contribution in [1.29, 1.82) is 0 Å². The monoisotopic (exact) mass is 361 g/mol. The number of rotatable bonds is 2. The van der Waals surface area contributed by atoms with Crippen molar-refractivity contribution in [3.05, 3.63) is 65.2 Å². The average Bonchev–Trinajstić information content (AvgIpc) is 2.59. The maximum atomic E-state index is 5.54. The minimum atomic E-state index is 0. The largest absolute Gasteiger partial charge is 0.497 e. The fraction of sp³-hybridized carbons (Fsp3) is 0.429. The van der Waals surface area contributed by atoms with Crippen LogP contribution in [0, 0.1) is 5.92 Å². The molecule has 1 heterocycles. The highest BCUT2D eigenvalue weighted by atomic mass is 35.5. The Kier molecular flexibility index (Phi) is 5.82. The fourth-order valence-corrected chi connectivity index (χ4v) is 4.97. The zero-order valence-corrected chi connectivity index (χ0v) is 16.0. The van der Waals surface area contributed by atoms with Gasteiger partial charge in [0.2, 0.25) is 0 Å². The molecular formula is C21H28ClNO2. The SMILES string of the molecule is COc1ccc2c(c1)C1(c3ccccc3)CCN(C)C(C2)C1C.Cl.O. The van der Waals surface area contributed by atoms with E-state index in [1.807, 2.05) is 0 Å². The molecule has 3 unspecified atom stereocenters. The third kappa shape index (κ3) is 2.84. The van der Waals surface area contributed by atoms with Crippen LogP contribution < -0.4 is 4.74 Å². The molecule has 4 rings (SSSR count). The predicted octanol–water partition coefficient (Wildman–Crippen LogP) is 3.47. The minimum Gasteiger partial charge on any atom is -0.497 e. The van der Waals surface area contributed by atoms with Crippen molar-refractivity contribution in [3.8, 4) is 5.75 Å². The van der Waals surface area contributed by atoms with Gasteiger partial charge in [0.15, 0.2) is 0 Å². The van der Waals surface area contributed by atoms with Crippen molar-refractivity contribution in [2.45, 2.75) is 31.2 Å². The fourth-order valence-electron chi connectivity index (χ4n) is 4.97. The number of likely N-dealkylation sites (N-methyl/N-ethyl adjacent to an activating group) is 1. The molecular weight excluding hydrogens is 334 g/mol. The van der Waals surface area contributed by atoms with Crippen molar-refractivity contribution in [2.24, 2.45) is 5.92 Å². The third-order valence-electron chi connectivity index (χ3n) is 6.30. The van der Waals surface area contributed by atoms with Gasteiger partial charge in [-0.05, 0) is 61.2 Å². The zero-order valence-electron chi connectivity index (χ0n) is 15.2. The van der Waals surface area contributed by atoms with Crippen LogP contribution in [0.15, 0.2) is 48.5 Å². The molecule has 0 amide bonds. The van der Waals surface area contributed by atoms with Crippen LogP contribution in [-0.4, -0.2) is 37.1 Å². The van der Waals surface area contributed by atoms with E-state index >= 15 is 0 Å². The first-order chi connectivity index (χ1) is 11.2. The van der Waals surface area contributed by atoms with Crippen LogP contribution in [0.3, 0.4) is 0 Å². The molecule has 2 aliphatic rings. The van der Waals surface area contributed by atoms with Crippen molar-refractivity contribution in [1.82, 2.24) is 4.90 Å². The number of benzene rings is 2. The number of hydrogen-bond donors (Lipinski definition) is 0. The average molecular weight is 362 g/mol. The van der Waals surface area contributed by atoms with E-state index < -0.39 is 0 Å². The van der Waals surface area contributed by atoms with E-state index in [1.165, 1.54) is 23.1 Å². The Balaban J connectivity index is 0.00000113. The standard InChI is InChI=1S/C21H25NO.ClH.H2O/c1-15-20-13-16-9-10-18(23-3)14-19(16)21(15,11-12-22(20)2)17-7-5-4-6-8-17;;/h4-10,14-15,20H,11-13H2,1-3H3;1H;1H2. The van der Waals surface area contributed by atoms with E-state index in [0.29, 0.717) is 12.0 Å². The van der Waals surface area contributed by atoms with Crippen LogP contribution in [0.5, 0.6) is 5.75 Å². The summed E-state index contributed by atoms with van der Waals surface area (Å²) in [5.74, 6) is 1.58. The van der Waals surface area contributed by atoms with Crippen molar-refractivity contribution < 1.29 is 10.2 Å². The molecule has 2 N–H and O–H groups in total. The van der Waals surface area contributed by atoms with Gasteiger partial charge in [0, 0.05) is 11.5 Å². The molecule has 25 heavy (non-hydrogen) atoms. The van der Waals surface area contributed by atoms with E-state index in [4.69, 9.17) is 4.74 Å². The van der Waals surface area contributed by atoms with Crippen molar-refractivity contribution in [3.63, 3.8) is 0 Å². The Morgan fingerprint density at radius 1 is 1.12 bits per heavy atom. The Bertz CT molecular complexity index is 721. The summed E-state index contributed by atoms with van der Waals surface area (Å²) in [7, 11) is 4.05. The van der Waals surface area contributed by atoms with E-state index in [9.17, 15) is 0 Å². The number of methoxy groups -OCH3 is 1. The quantitative estimate of drug-likeness (QED) is 0.822. The molecule has 0 aromatic heterocycles. The van der Waals surface area contributed by atoms with Gasteiger partial charge in [-0.15, -0.1) is 12.4 Å². The highest BCUT2D eigenvalue weighted by Gasteiger charge is 2.51. The molecule has 2 aromatic carbocycles. The van der Waals surface area contributed by atoms with Gasteiger partial charge in [-0.25, -0.2) is 0 Å². The Hall–Kier alpha value is -1.55. The van der Waals surface area contributed by atoms with Crippen LogP contribution in [0.2, 0.25) is 0 Å². The van der Waals surface area contributed by atoms with Crippen molar-refractivity contribution in [2.75, 3.05) is 20.7 Å². The second kappa shape index (κ2) is 7.36. The Morgan fingerprint density at radius 3 is 2.52 bits per heavy atom. The van der Waals surface area contributed by atoms with Gasteiger partial charge < -0.3 is 15.1 Å². The molecule has 2 aromatic rings. The number of hydrogen-bond acceptors (Lipinski definition) is 2. The summed E-state index contributed by atoms with van der Waals surface area (Å²) >= 11 is 0. The highest BCUT2D eigenvalue weighted by molar-refractivity contribution is 5.85. The Labute approximate surface area is 156 Å². The topological polar surface area (TPSA) is 44.0 Å². The van der Waals surface area contributed by atoms with Gasteiger partial charge in [-0.1, -0.05) is 43.3 Å². The lowest BCUT2D eigenvalue weighted by molar-refractivity contribution is 0.0613. The first-order valence-electron chi connectivity index (χ1n) is 8.60. The first-order valence-corrected chi connectivity index (χ1v) is 8.60. The van der Waals surface area contributed by atoms with Gasteiger partial charge in [0.25, 0.3) is 0 Å². The molecule has 1 fully saturated rings. The molecule has 2 bridgehead atoms. The van der Waals surface area contributed by atoms with E-state index in [0.717, 1.165) is 18.7 Å². The second-order valence-corrected chi connectivity index (χ2v) is 7.15. The second-order valence-electron chi connectivity index (χ2n) is 7.15. The maximum absolute atomic E-state index is 5.54. The summed E-state index contributed by atoms with van der Waals surface area (Å²) in [6, 6.07) is 18.4. The van der Waals surface area contributed by atoms with Crippen LogP contribution >= 0.6 is 12.4 Å². The van der Waals surface area contributed by atoms with Crippen LogP contribution in [0.25, 0.3) is 0 Å². The van der Waals surface area contributed by atoms with Gasteiger partial charge in [-0.3, -0.25) is 0 Å². The summed E-state index contributed by atoms with van der Waals surface area (Å²) in [6.45, 7) is 3.59. The van der Waals surface area contributed by atoms with E-state index in [-0.39, 0.29) is 23.3 Å². The molecule has 1 saturated heterocycles. The smallest absolute Gasteiger partial charge is 0.119 e. The summed E-state index contributed by atoms with van der Waals surface area (Å²) in [5, 5.41) is 0. The molecule has 3 atom stereocenters. The molecule has 1 aliphatic carbocycles. The van der Waals surface area contributed by atoms with Gasteiger partial charge in [-0.2, -0.15) is 0 Å². The van der Waals surface area contributed by atoms with Gasteiger partial charge >= 0.3 is 0 Å². The number of fused-ring (bicyclic) bond motifs is 4. The summed E-state index contributed by atoms with van der Waals surface area (Å²) < 4.78 is 5.54. The highest BCUT2D eigenvalue weighted by Crippen LogP contribution is 2.52. The van der Waals surface area contributed by atoms with Gasteiger partial charge in [0.1, 0.15) is 5.75 Å². The summed E-state index contributed by atoms with van der Waals surface area (Å²) in [6.07, 6.45) is 2.32. The van der Waals surface area contributed by atoms with E-state index in [2.05, 4.69) is 67.4 Å². The predicted molar refractivity (Wildman–Crippen MR) is 105 cm³/mol. The molecule has 0 spiro atoms. The maximum Gasteiger partial charge on any atom is 0.119 e. The first kappa shape index (κ1) is 19.8. The van der Waals surface area contributed by atoms with Crippen LogP contribution in [-0.2, 0) is 11.8 Å². The molecule has 0 radical (unpaired) electrons. The zero-order chi connectivity index (χ0) is 16.0. The normalized spacial score (nSPS) is 27.5. The Morgan fingerprint density at radius 2 is 1.84 bits per heavy atom. The molecule has 136 valence electrons. The third-order valence-corrected chi connectivity index (χ3v) is 6.30. The summed E-state index contributed by atoms with van der Waals surface area (Å²) in [5.41, 5.74) is 4.55. The number of halogens is 1. The molecule has 0 saturated carbocycles. The number of ether oxygens (including phenoxy) is 1. The number of piperidine rings is 1. The summed E-state index contributed by atoms with van der Waals surface area (Å²) in [4.78, 5) is 2.55. The minimum absolute atomic E-state index is 0. The number of nitrogens with zero attached hydrogens (tertiary/aromatic N) is 1. The van der Waals surface area contributed by atoms with Crippen LogP contribution in [0.4, 0.5) is 0 Å². The lowest BCUT2D eigenvalue weighted by Crippen LogP contribution is -2.58. The van der Waals surface area contributed by atoms with E-state index in [1.54, 1.807) is 7.11 Å². The molecule has 1 aliphatic heterocycles. The molecule has 3 nitrogen and oxygen atoms in total. The van der Waals surface area contributed by atoms with Crippen molar-refractivity contribution >= 4 is 12.4 Å².